The smallest absolute Gasteiger partial charge is 0.326 e. The van der Waals surface area contributed by atoms with E-state index in [0.29, 0.717) is 17.9 Å². The van der Waals surface area contributed by atoms with Crippen LogP contribution in [0.25, 0.3) is 0 Å². The number of carbonyl (C=O) groups excluding carboxylic acids is 1. The maximum atomic E-state index is 12.1. The summed E-state index contributed by atoms with van der Waals surface area (Å²) in [5.41, 5.74) is 1.38. The Morgan fingerprint density at radius 2 is 1.75 bits per heavy atom. The van der Waals surface area contributed by atoms with Gasteiger partial charge in [0, 0.05) is 18.0 Å². The van der Waals surface area contributed by atoms with Crippen molar-refractivity contribution in [3.63, 3.8) is 0 Å². The van der Waals surface area contributed by atoms with Gasteiger partial charge in [0.25, 0.3) is 5.91 Å². The van der Waals surface area contributed by atoms with Crippen molar-refractivity contribution in [3.05, 3.63) is 59.9 Å². The Balaban J connectivity index is 1.95. The van der Waals surface area contributed by atoms with Gasteiger partial charge >= 0.3 is 5.97 Å². The van der Waals surface area contributed by atoms with Gasteiger partial charge in [0.2, 0.25) is 0 Å². The topological polar surface area (TPSA) is 88.5 Å². The standard InChI is InChI=1S/C18H20N2O4/c1-12(2)16(18(22)23)20-17(21)14-3-5-15(6-4-14)24-11-13-7-9-19-10-8-13/h3-10,12,16H,11H2,1-2H3,(H,20,21)(H,22,23). The van der Waals surface area contributed by atoms with Crippen LogP contribution in [0.4, 0.5) is 0 Å². The molecule has 0 bridgehead atoms. The van der Waals surface area contributed by atoms with Crippen molar-refractivity contribution in [1.82, 2.24) is 10.3 Å². The Kier molecular flexibility index (Phi) is 5.89. The number of pyridine rings is 1. The first kappa shape index (κ1) is 17.5. The Bertz CT molecular complexity index is 684. The molecule has 2 aromatic rings. The van der Waals surface area contributed by atoms with E-state index < -0.39 is 17.9 Å². The van der Waals surface area contributed by atoms with E-state index in [9.17, 15) is 9.59 Å². The first-order valence-corrected chi connectivity index (χ1v) is 7.63. The van der Waals surface area contributed by atoms with Crippen LogP contribution in [0.1, 0.15) is 29.8 Å². The van der Waals surface area contributed by atoms with Gasteiger partial charge in [0.05, 0.1) is 0 Å². The number of carboxylic acid groups (broad SMARTS) is 1. The van der Waals surface area contributed by atoms with Crippen LogP contribution in [-0.2, 0) is 11.4 Å². The summed E-state index contributed by atoms with van der Waals surface area (Å²) >= 11 is 0. The first-order chi connectivity index (χ1) is 11.5. The molecule has 0 fully saturated rings. The predicted octanol–water partition coefficient (Wildman–Crippen LogP) is 2.50. The van der Waals surface area contributed by atoms with Gasteiger partial charge in [-0.05, 0) is 47.9 Å². The number of carboxylic acids is 1. The normalized spacial score (nSPS) is 11.8. The zero-order valence-electron chi connectivity index (χ0n) is 13.6. The average Bonchev–Trinajstić information content (AvgIpc) is 2.58. The zero-order valence-corrected chi connectivity index (χ0v) is 13.6. The Morgan fingerprint density at radius 3 is 2.29 bits per heavy atom. The Hall–Kier alpha value is -2.89. The number of benzene rings is 1. The van der Waals surface area contributed by atoms with Crippen LogP contribution in [0.5, 0.6) is 5.75 Å². The fraction of sp³-hybridized carbons (Fsp3) is 0.278. The fourth-order valence-corrected chi connectivity index (χ4v) is 2.09. The van der Waals surface area contributed by atoms with Crippen LogP contribution in [0, 0.1) is 5.92 Å². The molecule has 0 radical (unpaired) electrons. The van der Waals surface area contributed by atoms with E-state index in [0.717, 1.165) is 5.56 Å². The highest BCUT2D eigenvalue weighted by atomic mass is 16.5. The summed E-state index contributed by atoms with van der Waals surface area (Å²) in [6.07, 6.45) is 3.39. The predicted molar refractivity (Wildman–Crippen MR) is 88.7 cm³/mol. The summed E-state index contributed by atoms with van der Waals surface area (Å²) in [6.45, 7) is 3.90. The van der Waals surface area contributed by atoms with E-state index in [-0.39, 0.29) is 5.92 Å². The maximum Gasteiger partial charge on any atom is 0.326 e. The van der Waals surface area contributed by atoms with Crippen molar-refractivity contribution in [2.45, 2.75) is 26.5 Å². The second-order valence-electron chi connectivity index (χ2n) is 5.70. The SMILES string of the molecule is CC(C)C(NC(=O)c1ccc(OCc2ccncc2)cc1)C(=O)O. The average molecular weight is 328 g/mol. The van der Waals surface area contributed by atoms with E-state index in [1.807, 2.05) is 12.1 Å². The largest absolute Gasteiger partial charge is 0.489 e. The highest BCUT2D eigenvalue weighted by Gasteiger charge is 2.23. The number of aromatic nitrogens is 1. The number of rotatable bonds is 7. The van der Waals surface area contributed by atoms with Crippen molar-refractivity contribution in [2.24, 2.45) is 5.92 Å². The molecule has 2 rings (SSSR count). The van der Waals surface area contributed by atoms with Gasteiger partial charge in [0.1, 0.15) is 18.4 Å². The third-order valence-electron chi connectivity index (χ3n) is 3.49. The lowest BCUT2D eigenvalue weighted by molar-refractivity contribution is -0.140. The van der Waals surface area contributed by atoms with E-state index in [1.165, 1.54) is 0 Å². The number of amides is 1. The second kappa shape index (κ2) is 8.10. The molecule has 1 amide bonds. The lowest BCUT2D eigenvalue weighted by Crippen LogP contribution is -2.44. The second-order valence-corrected chi connectivity index (χ2v) is 5.70. The number of hydrogen-bond acceptors (Lipinski definition) is 4. The molecule has 1 unspecified atom stereocenters. The van der Waals surface area contributed by atoms with Crippen LogP contribution in [0.2, 0.25) is 0 Å². The van der Waals surface area contributed by atoms with Crippen LogP contribution in [-0.4, -0.2) is 28.0 Å². The highest BCUT2D eigenvalue weighted by Crippen LogP contribution is 2.14. The quantitative estimate of drug-likeness (QED) is 0.815. The van der Waals surface area contributed by atoms with Crippen LogP contribution >= 0.6 is 0 Å². The third-order valence-corrected chi connectivity index (χ3v) is 3.49. The summed E-state index contributed by atoms with van der Waals surface area (Å²) in [5.74, 6) is -1.04. The molecule has 0 aliphatic heterocycles. The van der Waals surface area contributed by atoms with Gasteiger partial charge in [-0.1, -0.05) is 13.8 Å². The fourth-order valence-electron chi connectivity index (χ4n) is 2.09. The molecule has 1 atom stereocenters. The maximum absolute atomic E-state index is 12.1. The van der Waals surface area contributed by atoms with E-state index >= 15 is 0 Å². The Labute approximate surface area is 140 Å². The van der Waals surface area contributed by atoms with Gasteiger partial charge in [-0.15, -0.1) is 0 Å². The minimum Gasteiger partial charge on any atom is -0.489 e. The molecule has 24 heavy (non-hydrogen) atoms. The molecule has 2 N–H and O–H groups in total. The molecule has 0 spiro atoms. The van der Waals surface area contributed by atoms with Crippen LogP contribution < -0.4 is 10.1 Å². The molecule has 0 saturated heterocycles. The van der Waals surface area contributed by atoms with Gasteiger partial charge in [-0.2, -0.15) is 0 Å². The molecule has 1 aromatic carbocycles. The lowest BCUT2D eigenvalue weighted by atomic mass is 10.0. The molecule has 0 aliphatic carbocycles. The molecule has 6 nitrogen and oxygen atoms in total. The number of carbonyl (C=O) groups is 2. The molecule has 6 heteroatoms. The van der Waals surface area contributed by atoms with Gasteiger partial charge in [-0.25, -0.2) is 4.79 Å². The van der Waals surface area contributed by atoms with Gasteiger partial charge in [-0.3, -0.25) is 9.78 Å². The number of nitrogens with zero attached hydrogens (tertiary/aromatic N) is 1. The van der Waals surface area contributed by atoms with Crippen molar-refractivity contribution < 1.29 is 19.4 Å². The number of aliphatic carboxylic acids is 1. The van der Waals surface area contributed by atoms with E-state index in [2.05, 4.69) is 10.3 Å². The van der Waals surface area contributed by atoms with Crippen molar-refractivity contribution >= 4 is 11.9 Å². The minimum atomic E-state index is -1.05. The molecular weight excluding hydrogens is 308 g/mol. The summed E-state index contributed by atoms with van der Waals surface area (Å²) < 4.78 is 5.63. The van der Waals surface area contributed by atoms with E-state index in [1.54, 1.807) is 50.5 Å². The molecule has 1 heterocycles. The molecule has 0 aliphatic rings. The number of ether oxygens (including phenoxy) is 1. The minimum absolute atomic E-state index is 0.200. The molecule has 0 saturated carbocycles. The van der Waals surface area contributed by atoms with Gasteiger partial charge in [0.15, 0.2) is 0 Å². The Morgan fingerprint density at radius 1 is 1.12 bits per heavy atom. The monoisotopic (exact) mass is 328 g/mol. The number of hydrogen-bond donors (Lipinski definition) is 2. The third kappa shape index (κ3) is 4.81. The van der Waals surface area contributed by atoms with Crippen molar-refractivity contribution in [1.29, 1.82) is 0 Å². The summed E-state index contributed by atoms with van der Waals surface area (Å²) in [4.78, 5) is 27.2. The highest BCUT2D eigenvalue weighted by molar-refractivity contribution is 5.96. The van der Waals surface area contributed by atoms with E-state index in [4.69, 9.17) is 9.84 Å². The summed E-state index contributed by atoms with van der Waals surface area (Å²) in [6, 6.07) is 9.38. The number of nitrogens with one attached hydrogen (secondary N) is 1. The first-order valence-electron chi connectivity index (χ1n) is 7.63. The summed E-state index contributed by atoms with van der Waals surface area (Å²) in [7, 11) is 0. The lowest BCUT2D eigenvalue weighted by Gasteiger charge is -2.18. The summed E-state index contributed by atoms with van der Waals surface area (Å²) in [5, 5.41) is 11.6. The molecule has 1 aromatic heterocycles. The zero-order chi connectivity index (χ0) is 17.5. The molecular formula is C18H20N2O4. The van der Waals surface area contributed by atoms with Crippen LogP contribution in [0.3, 0.4) is 0 Å². The van der Waals surface area contributed by atoms with Crippen LogP contribution in [0.15, 0.2) is 48.8 Å². The molecule has 126 valence electrons. The van der Waals surface area contributed by atoms with Gasteiger partial charge < -0.3 is 15.2 Å². The van der Waals surface area contributed by atoms with Crippen molar-refractivity contribution in [3.8, 4) is 5.75 Å². The van der Waals surface area contributed by atoms with Crippen molar-refractivity contribution in [2.75, 3.05) is 0 Å².